The van der Waals surface area contributed by atoms with Gasteiger partial charge in [-0.2, -0.15) is 0 Å². The molecule has 1 N–H and O–H groups in total. The smallest absolute Gasteiger partial charge is 0.0945 e. The second kappa shape index (κ2) is 7.97. The van der Waals surface area contributed by atoms with Crippen molar-refractivity contribution >= 4 is 11.6 Å². The molecule has 0 saturated carbocycles. The first-order valence-corrected chi connectivity index (χ1v) is 7.21. The Kier molecular flexibility index (Phi) is 5.92. The van der Waals surface area contributed by atoms with Gasteiger partial charge in [-0.05, 0) is 24.9 Å². The van der Waals surface area contributed by atoms with Crippen LogP contribution in [0.4, 0.5) is 0 Å². The summed E-state index contributed by atoms with van der Waals surface area (Å²) in [6.07, 6.45) is 7.71. The summed E-state index contributed by atoms with van der Waals surface area (Å²) >= 11 is 6.02. The van der Waals surface area contributed by atoms with Gasteiger partial charge >= 0.3 is 0 Å². The zero-order valence-corrected chi connectivity index (χ0v) is 11.8. The predicted octanol–water partition coefficient (Wildman–Crippen LogP) is 2.71. The normalized spacial score (nSPS) is 12.5. The van der Waals surface area contributed by atoms with E-state index in [-0.39, 0.29) is 0 Å². The molecule has 0 aliphatic rings. The maximum absolute atomic E-state index is 6.02. The van der Waals surface area contributed by atoms with Crippen LogP contribution in [0.15, 0.2) is 49.1 Å². The third-order valence-corrected chi connectivity index (χ3v) is 3.47. The minimum absolute atomic E-state index is 0.340. The minimum Gasteiger partial charge on any atom is -0.337 e. The minimum atomic E-state index is 0.340. The molecule has 1 atom stereocenters. The van der Waals surface area contributed by atoms with Crippen LogP contribution in [0.5, 0.6) is 0 Å². The SMILES string of the molecule is ClCC(Cc1ccccc1)NCCCn1ccnc1. The largest absolute Gasteiger partial charge is 0.337 e. The van der Waals surface area contributed by atoms with E-state index in [9.17, 15) is 0 Å². The lowest BCUT2D eigenvalue weighted by Gasteiger charge is -2.16. The van der Waals surface area contributed by atoms with E-state index >= 15 is 0 Å². The van der Waals surface area contributed by atoms with Crippen molar-refractivity contribution in [2.24, 2.45) is 0 Å². The van der Waals surface area contributed by atoms with E-state index in [1.807, 2.05) is 24.8 Å². The molecule has 3 nitrogen and oxygen atoms in total. The van der Waals surface area contributed by atoms with E-state index in [0.29, 0.717) is 11.9 Å². The molecule has 1 aromatic heterocycles. The van der Waals surface area contributed by atoms with E-state index < -0.39 is 0 Å². The molecule has 0 bridgehead atoms. The van der Waals surface area contributed by atoms with Crippen LogP contribution in [0.1, 0.15) is 12.0 Å². The fourth-order valence-corrected chi connectivity index (χ4v) is 2.28. The average molecular weight is 278 g/mol. The van der Waals surface area contributed by atoms with Crippen molar-refractivity contribution in [1.29, 1.82) is 0 Å². The van der Waals surface area contributed by atoms with Crippen LogP contribution < -0.4 is 5.32 Å². The molecule has 0 aliphatic carbocycles. The van der Waals surface area contributed by atoms with Gasteiger partial charge in [0.1, 0.15) is 0 Å². The Balaban J connectivity index is 1.68. The van der Waals surface area contributed by atoms with E-state index in [0.717, 1.165) is 25.9 Å². The molecule has 0 spiro atoms. The highest BCUT2D eigenvalue weighted by Crippen LogP contribution is 2.04. The highest BCUT2D eigenvalue weighted by atomic mass is 35.5. The molecule has 102 valence electrons. The number of nitrogens with one attached hydrogen (secondary N) is 1. The summed E-state index contributed by atoms with van der Waals surface area (Å²) in [6, 6.07) is 10.8. The summed E-state index contributed by atoms with van der Waals surface area (Å²) in [5.74, 6) is 0.639. The lowest BCUT2D eigenvalue weighted by molar-refractivity contribution is 0.513. The Hall–Kier alpha value is -1.32. The molecule has 2 rings (SSSR count). The van der Waals surface area contributed by atoms with Crippen molar-refractivity contribution in [1.82, 2.24) is 14.9 Å². The van der Waals surface area contributed by atoms with E-state index in [2.05, 4.69) is 39.1 Å². The molecule has 0 saturated heterocycles. The van der Waals surface area contributed by atoms with Crippen LogP contribution in [0, 0.1) is 0 Å². The van der Waals surface area contributed by atoms with Gasteiger partial charge in [-0.25, -0.2) is 4.98 Å². The van der Waals surface area contributed by atoms with Crippen LogP contribution >= 0.6 is 11.6 Å². The summed E-state index contributed by atoms with van der Waals surface area (Å²) in [6.45, 7) is 1.97. The van der Waals surface area contributed by atoms with Gasteiger partial charge in [0.15, 0.2) is 0 Å². The van der Waals surface area contributed by atoms with Crippen molar-refractivity contribution in [2.75, 3.05) is 12.4 Å². The van der Waals surface area contributed by atoms with Crippen molar-refractivity contribution in [3.63, 3.8) is 0 Å². The highest BCUT2D eigenvalue weighted by Gasteiger charge is 2.07. The predicted molar refractivity (Wildman–Crippen MR) is 79.5 cm³/mol. The molecule has 1 heterocycles. The fraction of sp³-hybridized carbons (Fsp3) is 0.400. The van der Waals surface area contributed by atoms with E-state index in [1.54, 1.807) is 0 Å². The maximum Gasteiger partial charge on any atom is 0.0945 e. The van der Waals surface area contributed by atoms with E-state index in [1.165, 1.54) is 5.56 Å². The van der Waals surface area contributed by atoms with Gasteiger partial charge in [-0.3, -0.25) is 0 Å². The Labute approximate surface area is 119 Å². The van der Waals surface area contributed by atoms with Gasteiger partial charge in [-0.1, -0.05) is 30.3 Å². The summed E-state index contributed by atoms with van der Waals surface area (Å²) in [5.41, 5.74) is 1.33. The fourth-order valence-electron chi connectivity index (χ4n) is 2.07. The quantitative estimate of drug-likeness (QED) is 0.594. The molecule has 4 heteroatoms. The number of rotatable bonds is 8. The number of hydrogen-bond acceptors (Lipinski definition) is 2. The summed E-state index contributed by atoms with van der Waals surface area (Å²) in [4.78, 5) is 4.03. The number of halogens is 1. The Bertz CT molecular complexity index is 442. The van der Waals surface area contributed by atoms with Crippen LogP contribution in [-0.4, -0.2) is 28.0 Å². The molecule has 0 radical (unpaired) electrons. The van der Waals surface area contributed by atoms with Crippen LogP contribution in [0.3, 0.4) is 0 Å². The number of aryl methyl sites for hydroxylation is 1. The molecule has 1 unspecified atom stereocenters. The number of imidazole rings is 1. The molecule has 0 amide bonds. The number of hydrogen-bond donors (Lipinski definition) is 1. The molecular weight excluding hydrogens is 258 g/mol. The number of aromatic nitrogens is 2. The average Bonchev–Trinajstić information content (AvgIpc) is 2.96. The monoisotopic (exact) mass is 277 g/mol. The Morgan fingerprint density at radius 1 is 1.26 bits per heavy atom. The molecular formula is C15H20ClN3. The zero-order valence-electron chi connectivity index (χ0n) is 11.0. The molecule has 19 heavy (non-hydrogen) atoms. The van der Waals surface area contributed by atoms with Gasteiger partial charge in [0.05, 0.1) is 6.33 Å². The topological polar surface area (TPSA) is 29.9 Å². The van der Waals surface area contributed by atoms with Gasteiger partial charge in [0, 0.05) is 30.9 Å². The Morgan fingerprint density at radius 3 is 2.79 bits per heavy atom. The summed E-state index contributed by atoms with van der Waals surface area (Å²) < 4.78 is 2.09. The third-order valence-electron chi connectivity index (χ3n) is 3.10. The second-order valence-electron chi connectivity index (χ2n) is 4.65. The van der Waals surface area contributed by atoms with Crippen molar-refractivity contribution < 1.29 is 0 Å². The van der Waals surface area contributed by atoms with Crippen molar-refractivity contribution in [2.45, 2.75) is 25.4 Å². The summed E-state index contributed by atoms with van der Waals surface area (Å²) in [7, 11) is 0. The van der Waals surface area contributed by atoms with Gasteiger partial charge in [-0.15, -0.1) is 11.6 Å². The number of alkyl halides is 1. The first kappa shape index (κ1) is 14.1. The maximum atomic E-state index is 6.02. The first-order chi connectivity index (χ1) is 9.38. The second-order valence-corrected chi connectivity index (χ2v) is 4.96. The van der Waals surface area contributed by atoms with Crippen LogP contribution in [0.25, 0.3) is 0 Å². The van der Waals surface area contributed by atoms with Gasteiger partial charge in [0.25, 0.3) is 0 Å². The molecule has 0 aliphatic heterocycles. The molecule has 1 aromatic carbocycles. The lowest BCUT2D eigenvalue weighted by atomic mass is 10.1. The van der Waals surface area contributed by atoms with Crippen LogP contribution in [-0.2, 0) is 13.0 Å². The lowest BCUT2D eigenvalue weighted by Crippen LogP contribution is -2.33. The molecule has 0 fully saturated rings. The highest BCUT2D eigenvalue weighted by molar-refractivity contribution is 6.18. The number of benzene rings is 1. The van der Waals surface area contributed by atoms with Gasteiger partial charge < -0.3 is 9.88 Å². The molecule has 2 aromatic rings. The first-order valence-electron chi connectivity index (χ1n) is 6.67. The van der Waals surface area contributed by atoms with E-state index in [4.69, 9.17) is 11.6 Å². The third kappa shape index (κ3) is 5.05. The zero-order chi connectivity index (χ0) is 13.3. The van der Waals surface area contributed by atoms with Crippen molar-refractivity contribution in [3.05, 3.63) is 54.6 Å². The van der Waals surface area contributed by atoms with Crippen molar-refractivity contribution in [3.8, 4) is 0 Å². The Morgan fingerprint density at radius 2 is 2.11 bits per heavy atom. The van der Waals surface area contributed by atoms with Gasteiger partial charge in [0.2, 0.25) is 0 Å². The summed E-state index contributed by atoms with van der Waals surface area (Å²) in [5, 5.41) is 3.51. The standard InChI is InChI=1S/C15H20ClN3/c16-12-15(11-14-5-2-1-3-6-14)18-7-4-9-19-10-8-17-13-19/h1-3,5-6,8,10,13,15,18H,4,7,9,11-12H2. The van der Waals surface area contributed by atoms with Crippen LogP contribution in [0.2, 0.25) is 0 Å². The number of nitrogens with zero attached hydrogens (tertiary/aromatic N) is 2.